The molecule has 0 saturated heterocycles. The maximum atomic E-state index is 12.6. The van der Waals surface area contributed by atoms with Crippen molar-refractivity contribution in [3.8, 4) is 6.07 Å². The second kappa shape index (κ2) is 7.78. The van der Waals surface area contributed by atoms with E-state index in [0.29, 0.717) is 6.07 Å². The van der Waals surface area contributed by atoms with Crippen LogP contribution in [-0.4, -0.2) is 28.1 Å². The van der Waals surface area contributed by atoms with Gasteiger partial charge in [-0.25, -0.2) is 13.1 Å². The minimum atomic E-state index is -4.71. The molecule has 0 bridgehead atoms. The van der Waals surface area contributed by atoms with Gasteiger partial charge in [0.25, 0.3) is 0 Å². The van der Waals surface area contributed by atoms with Crippen molar-refractivity contribution < 1.29 is 21.6 Å². The van der Waals surface area contributed by atoms with Gasteiger partial charge in [-0.3, -0.25) is 0 Å². The van der Waals surface area contributed by atoms with Crippen LogP contribution in [0.3, 0.4) is 0 Å². The Labute approximate surface area is 133 Å². The Morgan fingerprint density at radius 3 is 2.41 bits per heavy atom. The molecule has 0 heterocycles. The zero-order chi connectivity index (χ0) is 16.3. The van der Waals surface area contributed by atoms with Crippen molar-refractivity contribution in [2.45, 2.75) is 24.0 Å². The second-order valence-electron chi connectivity index (χ2n) is 4.36. The summed E-state index contributed by atoms with van der Waals surface area (Å²) in [5.74, 6) is 0. The molecule has 1 aromatic carbocycles. The summed E-state index contributed by atoms with van der Waals surface area (Å²) < 4.78 is 64.1. The van der Waals surface area contributed by atoms with Crippen LogP contribution in [0.4, 0.5) is 13.2 Å². The van der Waals surface area contributed by atoms with E-state index in [1.54, 1.807) is 14.0 Å². The molecule has 0 aliphatic carbocycles. The molecule has 0 aliphatic heterocycles. The third-order valence-corrected chi connectivity index (χ3v) is 4.22. The van der Waals surface area contributed by atoms with E-state index in [9.17, 15) is 21.6 Å². The van der Waals surface area contributed by atoms with Crippen molar-refractivity contribution in [3.05, 3.63) is 29.3 Å². The van der Waals surface area contributed by atoms with Gasteiger partial charge in [0.05, 0.1) is 22.1 Å². The molecule has 0 fully saturated rings. The zero-order valence-electron chi connectivity index (χ0n) is 11.7. The Balaban J connectivity index is 0.00000441. The number of nitriles is 1. The van der Waals surface area contributed by atoms with E-state index >= 15 is 0 Å². The van der Waals surface area contributed by atoms with Crippen molar-refractivity contribution in [2.75, 3.05) is 13.6 Å². The number of alkyl halides is 3. The SMILES string of the molecule is CNC(C)CNS(=O)(=O)c1ccc(C(F)(F)F)c(C#N)c1.Cl. The fourth-order valence-electron chi connectivity index (χ4n) is 1.45. The van der Waals surface area contributed by atoms with Crippen LogP contribution in [0, 0.1) is 11.3 Å². The Morgan fingerprint density at radius 1 is 1.36 bits per heavy atom. The molecule has 0 saturated carbocycles. The van der Waals surface area contributed by atoms with Crippen LogP contribution < -0.4 is 10.0 Å². The van der Waals surface area contributed by atoms with Gasteiger partial charge in [-0.15, -0.1) is 12.4 Å². The average Bonchev–Trinajstić information content (AvgIpc) is 2.43. The molecule has 10 heteroatoms. The third-order valence-electron chi connectivity index (χ3n) is 2.80. The number of halogens is 4. The van der Waals surface area contributed by atoms with Gasteiger partial charge in [0.15, 0.2) is 0 Å². The van der Waals surface area contributed by atoms with Crippen molar-refractivity contribution in [1.82, 2.24) is 10.0 Å². The van der Waals surface area contributed by atoms with Gasteiger partial charge in [-0.05, 0) is 32.2 Å². The highest BCUT2D eigenvalue weighted by molar-refractivity contribution is 7.89. The molecule has 0 aromatic heterocycles. The van der Waals surface area contributed by atoms with Crippen LogP contribution in [0.5, 0.6) is 0 Å². The Bertz CT molecular complexity index is 657. The highest BCUT2D eigenvalue weighted by Gasteiger charge is 2.34. The number of hydrogen-bond acceptors (Lipinski definition) is 4. The van der Waals surface area contributed by atoms with Gasteiger partial charge in [0.2, 0.25) is 10.0 Å². The highest BCUT2D eigenvalue weighted by atomic mass is 35.5. The lowest BCUT2D eigenvalue weighted by molar-refractivity contribution is -0.137. The van der Waals surface area contributed by atoms with Gasteiger partial charge in [-0.1, -0.05) is 0 Å². The first kappa shape index (κ1) is 20.7. The zero-order valence-corrected chi connectivity index (χ0v) is 13.4. The van der Waals surface area contributed by atoms with Crippen LogP contribution >= 0.6 is 12.4 Å². The quantitative estimate of drug-likeness (QED) is 0.843. The van der Waals surface area contributed by atoms with E-state index in [-0.39, 0.29) is 29.9 Å². The Kier molecular flexibility index (Phi) is 7.31. The van der Waals surface area contributed by atoms with Gasteiger partial charge in [0.1, 0.15) is 0 Å². The van der Waals surface area contributed by atoms with Crippen molar-refractivity contribution in [1.29, 1.82) is 5.26 Å². The fraction of sp³-hybridized carbons (Fsp3) is 0.417. The van der Waals surface area contributed by atoms with Gasteiger partial charge in [0, 0.05) is 12.6 Å². The van der Waals surface area contributed by atoms with Gasteiger partial charge >= 0.3 is 6.18 Å². The van der Waals surface area contributed by atoms with Crippen molar-refractivity contribution in [3.63, 3.8) is 0 Å². The summed E-state index contributed by atoms with van der Waals surface area (Å²) in [6, 6.07) is 3.36. The molecule has 124 valence electrons. The summed E-state index contributed by atoms with van der Waals surface area (Å²) in [6.07, 6.45) is -4.71. The van der Waals surface area contributed by atoms with Crippen LogP contribution in [0.1, 0.15) is 18.1 Å². The minimum Gasteiger partial charge on any atom is -0.316 e. The van der Waals surface area contributed by atoms with E-state index < -0.39 is 27.3 Å². The largest absolute Gasteiger partial charge is 0.417 e. The topological polar surface area (TPSA) is 82.0 Å². The number of likely N-dealkylation sites (N-methyl/N-ethyl adjacent to an activating group) is 1. The summed E-state index contributed by atoms with van der Waals surface area (Å²) in [5.41, 5.74) is -1.89. The number of sulfonamides is 1. The van der Waals surface area contributed by atoms with E-state index in [1.807, 2.05) is 0 Å². The summed E-state index contributed by atoms with van der Waals surface area (Å²) in [7, 11) is -2.33. The molecule has 1 rings (SSSR count). The standard InChI is InChI=1S/C12H14F3N3O2S.ClH/c1-8(17-2)7-18-21(19,20)10-3-4-11(12(13,14)15)9(5-10)6-16;/h3-5,8,17-18H,7H2,1-2H3;1H. The lowest BCUT2D eigenvalue weighted by Gasteiger charge is -2.13. The van der Waals surface area contributed by atoms with Gasteiger partial charge in [-0.2, -0.15) is 18.4 Å². The number of rotatable bonds is 5. The molecule has 0 aliphatic rings. The first-order chi connectivity index (χ1) is 9.61. The van der Waals surface area contributed by atoms with Crippen molar-refractivity contribution in [2.24, 2.45) is 0 Å². The molecule has 22 heavy (non-hydrogen) atoms. The number of nitrogens with zero attached hydrogens (tertiary/aromatic N) is 1. The van der Waals surface area contributed by atoms with E-state index in [1.165, 1.54) is 6.07 Å². The van der Waals surface area contributed by atoms with Crippen LogP contribution in [0.2, 0.25) is 0 Å². The molecular weight excluding hydrogens is 343 g/mol. The molecule has 2 N–H and O–H groups in total. The third kappa shape index (κ3) is 5.14. The molecule has 1 aromatic rings. The van der Waals surface area contributed by atoms with Crippen LogP contribution in [-0.2, 0) is 16.2 Å². The molecule has 0 spiro atoms. The summed E-state index contributed by atoms with van der Waals surface area (Å²) >= 11 is 0. The van der Waals surface area contributed by atoms with Crippen LogP contribution in [0.15, 0.2) is 23.1 Å². The van der Waals surface area contributed by atoms with Crippen LogP contribution in [0.25, 0.3) is 0 Å². The van der Waals surface area contributed by atoms with E-state index in [0.717, 1.165) is 12.1 Å². The van der Waals surface area contributed by atoms with E-state index in [2.05, 4.69) is 10.0 Å². The first-order valence-corrected chi connectivity index (χ1v) is 7.38. The summed E-state index contributed by atoms with van der Waals surface area (Å²) in [5, 5.41) is 11.6. The molecule has 0 radical (unpaired) electrons. The molecule has 5 nitrogen and oxygen atoms in total. The molecular formula is C12H15ClF3N3O2S. The first-order valence-electron chi connectivity index (χ1n) is 5.90. The van der Waals surface area contributed by atoms with Crippen molar-refractivity contribution >= 4 is 22.4 Å². The lowest BCUT2D eigenvalue weighted by atomic mass is 10.1. The maximum absolute atomic E-state index is 12.6. The number of hydrogen-bond donors (Lipinski definition) is 2. The maximum Gasteiger partial charge on any atom is 0.417 e. The van der Waals surface area contributed by atoms with E-state index in [4.69, 9.17) is 5.26 Å². The monoisotopic (exact) mass is 357 g/mol. The molecule has 1 unspecified atom stereocenters. The summed E-state index contributed by atoms with van der Waals surface area (Å²) in [4.78, 5) is -0.379. The predicted molar refractivity (Wildman–Crippen MR) is 77.1 cm³/mol. The normalized spacial score (nSPS) is 13.1. The smallest absolute Gasteiger partial charge is 0.316 e. The highest BCUT2D eigenvalue weighted by Crippen LogP contribution is 2.32. The fourth-order valence-corrected chi connectivity index (χ4v) is 2.61. The number of nitrogens with one attached hydrogen (secondary N) is 2. The number of benzene rings is 1. The lowest BCUT2D eigenvalue weighted by Crippen LogP contribution is -2.37. The Morgan fingerprint density at radius 2 is 1.95 bits per heavy atom. The predicted octanol–water partition coefficient (Wildman–Crippen LogP) is 1.89. The average molecular weight is 358 g/mol. The molecule has 0 amide bonds. The van der Waals surface area contributed by atoms with Gasteiger partial charge < -0.3 is 5.32 Å². The second-order valence-corrected chi connectivity index (χ2v) is 6.13. The minimum absolute atomic E-state index is 0. The summed E-state index contributed by atoms with van der Waals surface area (Å²) in [6.45, 7) is 1.80. The molecule has 1 atom stereocenters. The Hall–Kier alpha value is -1.34.